The lowest BCUT2D eigenvalue weighted by Crippen LogP contribution is -2.65. The van der Waals surface area contributed by atoms with E-state index in [1.807, 2.05) is 51.1 Å². The number of amides is 1. The Balaban J connectivity index is 1.10. The summed E-state index contributed by atoms with van der Waals surface area (Å²) in [5, 5.41) is 6.55. The Kier molecular flexibility index (Phi) is 16.7. The molecule has 0 spiro atoms. The largest absolute Gasteiger partial charge is 0.496 e. The molecule has 5 N–H and O–H groups in total. The Morgan fingerprint density at radius 2 is 1.58 bits per heavy atom. The van der Waals surface area contributed by atoms with Gasteiger partial charge in [-0.1, -0.05) is 50.2 Å². The fourth-order valence-corrected chi connectivity index (χ4v) is 12.0. The number of aliphatic imine (C=N–C) groups is 1. The molecule has 71 heavy (non-hydrogen) atoms. The molecule has 7 rings (SSSR count). The van der Waals surface area contributed by atoms with Gasteiger partial charge in [0, 0.05) is 13.1 Å². The molecule has 3 saturated carbocycles. The maximum Gasteiger partial charge on any atom is 0.482 e. The quantitative estimate of drug-likeness (QED) is 0.0314. The number of esters is 2. The third-order valence-electron chi connectivity index (χ3n) is 14.3. The lowest BCUT2D eigenvalue weighted by Gasteiger charge is -2.64. The van der Waals surface area contributed by atoms with Gasteiger partial charge in [-0.15, -0.1) is 0 Å². The molecule has 0 radical (unpaired) electrons. The van der Waals surface area contributed by atoms with Crippen molar-refractivity contribution in [2.75, 3.05) is 20.8 Å². The van der Waals surface area contributed by atoms with Gasteiger partial charge in [0.05, 0.1) is 43.2 Å². The maximum atomic E-state index is 14.0. The first kappa shape index (κ1) is 55.2. The topological polar surface area (TPSA) is 215 Å². The van der Waals surface area contributed by atoms with Crippen LogP contribution in [0.25, 0.3) is 0 Å². The molecule has 4 fully saturated rings. The zero-order valence-electron chi connectivity index (χ0n) is 44.2. The number of hydrogen-bond acceptors (Lipinski definition) is 13. The molecular weight excluding hydrogens is 925 g/mol. The van der Waals surface area contributed by atoms with Gasteiger partial charge in [0.2, 0.25) is 11.9 Å². The highest BCUT2D eigenvalue weighted by Gasteiger charge is 2.68. The van der Waals surface area contributed by atoms with Gasteiger partial charge in [-0.3, -0.25) is 14.6 Å². The molecule has 2 bridgehead atoms. The molecule has 6 unspecified atom stereocenters. The number of hydrogen-bond donors (Lipinski definition) is 4. The number of methoxy groups -OCH3 is 2. The van der Waals surface area contributed by atoms with E-state index in [1.165, 1.54) is 14.2 Å². The minimum absolute atomic E-state index is 0.0731. The normalized spacial score (nSPS) is 21.6. The van der Waals surface area contributed by atoms with Crippen molar-refractivity contribution in [2.45, 2.75) is 168 Å². The van der Waals surface area contributed by atoms with Crippen LogP contribution in [-0.2, 0) is 57.8 Å². The summed E-state index contributed by atoms with van der Waals surface area (Å²) in [6, 6.07) is 13.9. The number of nitrogens with two attached hydrogens (primary N) is 1. The molecule has 0 aromatic heterocycles. The number of aryl methyl sites for hydroxylation is 1. The fourth-order valence-electron chi connectivity index (χ4n) is 10.5. The van der Waals surface area contributed by atoms with Crippen molar-refractivity contribution in [1.82, 2.24) is 15.4 Å². The highest BCUT2D eigenvalue weighted by Crippen LogP contribution is 2.65. The number of ether oxygens (including phenoxy) is 4. The summed E-state index contributed by atoms with van der Waals surface area (Å²) in [5.41, 5.74) is 8.64. The minimum Gasteiger partial charge on any atom is -0.496 e. The predicted molar refractivity (Wildman–Crippen MR) is 274 cm³/mol. The third kappa shape index (κ3) is 12.9. The number of sulfonamides is 1. The van der Waals surface area contributed by atoms with E-state index in [1.54, 1.807) is 59.7 Å². The van der Waals surface area contributed by atoms with Crippen molar-refractivity contribution >= 4 is 40.9 Å². The molecular formula is C53H76BN5O11S. The number of nitrogens with one attached hydrogen (secondary N) is 3. The van der Waals surface area contributed by atoms with Crippen molar-refractivity contribution in [3.8, 4) is 11.5 Å². The van der Waals surface area contributed by atoms with E-state index >= 15 is 0 Å². The van der Waals surface area contributed by atoms with Gasteiger partial charge in [0.15, 0.2) is 0 Å². The number of carbonyl (C=O) groups excluding carboxylic acids is 3. The van der Waals surface area contributed by atoms with Crippen molar-refractivity contribution in [2.24, 2.45) is 28.0 Å². The van der Waals surface area contributed by atoms with Gasteiger partial charge in [0.25, 0.3) is 10.0 Å². The Morgan fingerprint density at radius 1 is 0.915 bits per heavy atom. The third-order valence-corrected chi connectivity index (χ3v) is 15.9. The van der Waals surface area contributed by atoms with E-state index in [9.17, 15) is 22.8 Å². The van der Waals surface area contributed by atoms with E-state index in [-0.39, 0.29) is 53.2 Å². The van der Waals surface area contributed by atoms with Crippen LogP contribution in [0.1, 0.15) is 132 Å². The molecule has 1 saturated heterocycles. The number of benzene rings is 3. The fraction of sp³-hybridized carbons (Fsp3) is 0.585. The summed E-state index contributed by atoms with van der Waals surface area (Å²) >= 11 is 0. The van der Waals surface area contributed by atoms with Gasteiger partial charge >= 0.3 is 19.1 Å². The van der Waals surface area contributed by atoms with Gasteiger partial charge < -0.3 is 44.6 Å². The van der Waals surface area contributed by atoms with Gasteiger partial charge in [-0.05, 0) is 164 Å². The minimum atomic E-state index is -4.04. The second kappa shape index (κ2) is 21.5. The average Bonchev–Trinajstić information content (AvgIpc) is 3.63. The molecule has 18 heteroatoms. The highest BCUT2D eigenvalue weighted by atomic mass is 32.2. The summed E-state index contributed by atoms with van der Waals surface area (Å²) in [4.78, 5) is 45.1. The Labute approximate surface area is 421 Å². The summed E-state index contributed by atoms with van der Waals surface area (Å²) < 4.78 is 65.4. The van der Waals surface area contributed by atoms with E-state index < -0.39 is 57.9 Å². The van der Waals surface area contributed by atoms with Crippen LogP contribution in [0.2, 0.25) is 0 Å². The summed E-state index contributed by atoms with van der Waals surface area (Å²) in [7, 11) is -1.74. The molecule has 1 amide bonds. The van der Waals surface area contributed by atoms with Gasteiger partial charge in [0.1, 0.15) is 34.3 Å². The van der Waals surface area contributed by atoms with Crippen LogP contribution in [0.5, 0.6) is 11.5 Å². The van der Waals surface area contributed by atoms with Crippen LogP contribution >= 0.6 is 0 Å². The highest BCUT2D eigenvalue weighted by molar-refractivity contribution is 7.90. The first-order valence-corrected chi connectivity index (χ1v) is 26.1. The molecule has 3 aromatic carbocycles. The summed E-state index contributed by atoms with van der Waals surface area (Å²) in [5.74, 6) is -0.237. The van der Waals surface area contributed by atoms with Crippen LogP contribution in [0.4, 0.5) is 0 Å². The number of para-hydroxylation sites is 1. The van der Waals surface area contributed by atoms with Gasteiger partial charge in [-0.2, -0.15) is 0 Å². The van der Waals surface area contributed by atoms with E-state index in [0.29, 0.717) is 65.0 Å². The zero-order chi connectivity index (χ0) is 52.4. The smallest absolute Gasteiger partial charge is 0.482 e. The first-order valence-electron chi connectivity index (χ1n) is 24.6. The van der Waals surface area contributed by atoms with Crippen molar-refractivity contribution < 1.29 is 51.1 Å². The number of guanidine groups is 1. The number of carbonyl (C=O) groups is 3. The van der Waals surface area contributed by atoms with Crippen LogP contribution < -0.4 is 30.6 Å². The van der Waals surface area contributed by atoms with Crippen LogP contribution in [0.3, 0.4) is 0 Å². The van der Waals surface area contributed by atoms with Crippen LogP contribution in [-0.4, -0.2) is 95.0 Å². The average molecular weight is 1000 g/mol. The van der Waals surface area contributed by atoms with Crippen molar-refractivity contribution in [3.63, 3.8) is 0 Å². The first-order chi connectivity index (χ1) is 33.1. The lowest BCUT2D eigenvalue weighted by molar-refractivity contribution is -0.199. The monoisotopic (exact) mass is 1000 g/mol. The molecule has 3 aromatic rings. The molecule has 16 nitrogen and oxygen atoms in total. The SMILES string of the molecule is COc1cc(C)c(S(=O)(=O)NC(N)=NCCCC(NCc2ccc(CC(=O)NC(Cc3cccc(C(=O)OC(C)(C)C)c3OC)B3OC4CC5CC(C5(C)C)C4(C)O3)cc2)C(=O)OC(C)(C)C)c(C)c1C. The molecule has 1 aliphatic heterocycles. The van der Waals surface area contributed by atoms with Crippen molar-refractivity contribution in [1.29, 1.82) is 0 Å². The molecule has 6 atom stereocenters. The summed E-state index contributed by atoms with van der Waals surface area (Å²) in [6.45, 7) is 23.2. The standard InChI is InChI=1S/C53H76BN5O11S/c1-31-25-40(65-13)32(2)33(3)46(31)71(63,64)59-49(55)56-24-16-19-39(48(62)68-51(7,8)9)57-30-35-22-20-34(21-23-35)26-44(60)58-43(54-69-42-29-37-28-41(52(37,10)11)53(42,12)70-54)27-36-17-15-18-38(45(36)66-14)47(61)67-50(4,5)6/h15,17-18,20-23,25,37,39,41-43,57H,16,19,24,26-30H2,1-14H3,(H,58,60)(H3,55,56,59). The van der Waals surface area contributed by atoms with Gasteiger partial charge in [-0.25, -0.2) is 17.9 Å². The Hall–Kier alpha value is -5.17. The second-order valence-electron chi connectivity index (χ2n) is 22.2. The van der Waals surface area contributed by atoms with E-state index in [0.717, 1.165) is 24.0 Å². The molecule has 4 aliphatic rings. The summed E-state index contributed by atoms with van der Waals surface area (Å²) in [6.07, 6.45) is 2.92. The number of rotatable bonds is 19. The second-order valence-corrected chi connectivity index (χ2v) is 23.8. The van der Waals surface area contributed by atoms with Crippen molar-refractivity contribution in [3.05, 3.63) is 87.5 Å². The van der Waals surface area contributed by atoms with E-state index in [4.69, 9.17) is 34.0 Å². The lowest BCUT2D eigenvalue weighted by atomic mass is 9.43. The Bertz CT molecular complexity index is 2590. The van der Waals surface area contributed by atoms with Crippen LogP contribution in [0.15, 0.2) is 58.4 Å². The Morgan fingerprint density at radius 3 is 2.20 bits per heavy atom. The number of nitrogens with zero attached hydrogens (tertiary/aromatic N) is 1. The maximum absolute atomic E-state index is 14.0. The predicted octanol–water partition coefficient (Wildman–Crippen LogP) is 7.00. The van der Waals surface area contributed by atoms with Crippen LogP contribution in [0, 0.1) is 38.0 Å². The zero-order valence-corrected chi connectivity index (χ0v) is 45.0. The molecule has 388 valence electrons. The van der Waals surface area contributed by atoms with E-state index in [2.05, 4.69) is 41.1 Å². The molecule has 1 heterocycles. The molecule has 3 aliphatic carbocycles.